The second-order valence-corrected chi connectivity index (χ2v) is 5.96. The molecule has 0 radical (unpaired) electrons. The average Bonchev–Trinajstić information content (AvgIpc) is 2.68. The van der Waals surface area contributed by atoms with Crippen LogP contribution in [0.15, 0.2) is 48.5 Å². The molecule has 2 aromatic carbocycles. The van der Waals surface area contributed by atoms with Crippen molar-refractivity contribution >= 4 is 35.9 Å². The number of para-hydroxylation sites is 1. The second kappa shape index (κ2) is 11.3. The number of esters is 1. The summed E-state index contributed by atoms with van der Waals surface area (Å²) in [6, 6.07) is 10.0. The third-order valence-corrected chi connectivity index (χ3v) is 3.81. The Kier molecular flexibility index (Phi) is 9.49. The quantitative estimate of drug-likeness (QED) is 0.409. The van der Waals surface area contributed by atoms with Crippen LogP contribution >= 0.6 is 12.6 Å². The first kappa shape index (κ1) is 24.3. The van der Waals surface area contributed by atoms with Crippen LogP contribution in [0.3, 0.4) is 0 Å². The van der Waals surface area contributed by atoms with E-state index >= 15 is 0 Å². The molecule has 4 N–H and O–H groups in total. The van der Waals surface area contributed by atoms with Gasteiger partial charge in [0, 0.05) is 11.4 Å². The van der Waals surface area contributed by atoms with Crippen LogP contribution in [-0.2, 0) is 15.7 Å². The number of carbonyl (C=O) groups excluding carboxylic acids is 1. The number of hydrogen-bond donors (Lipinski definition) is 4. The van der Waals surface area contributed by atoms with Gasteiger partial charge in [-0.15, -0.1) is 0 Å². The Morgan fingerprint density at radius 1 is 1.21 bits per heavy atom. The molecule has 29 heavy (non-hydrogen) atoms. The smallest absolute Gasteiger partial charge is 0.416 e. The normalized spacial score (nSPS) is 11.7. The predicted molar refractivity (Wildman–Crippen MR) is 107 cm³/mol. The zero-order chi connectivity index (χ0) is 22.0. The van der Waals surface area contributed by atoms with Crippen molar-refractivity contribution in [2.75, 3.05) is 17.7 Å². The molecule has 1 atom stereocenters. The van der Waals surface area contributed by atoms with E-state index in [2.05, 4.69) is 22.7 Å². The van der Waals surface area contributed by atoms with Crippen molar-refractivity contribution in [2.24, 2.45) is 5.73 Å². The van der Waals surface area contributed by atoms with E-state index in [1.54, 1.807) is 19.1 Å². The lowest BCUT2D eigenvalue weighted by molar-refractivity contribution is -0.144. The molecule has 0 saturated carbocycles. The SMILES string of the molecule is CCOC(=O)[C@@H](N)CS.O=C(O)c1ccccc1Nc1cccc(C(F)(F)F)c1. The molecule has 0 aliphatic heterocycles. The van der Waals surface area contributed by atoms with Crippen LogP contribution in [0, 0.1) is 0 Å². The molecule has 6 nitrogen and oxygen atoms in total. The lowest BCUT2D eigenvalue weighted by atomic mass is 10.1. The molecule has 0 fully saturated rings. The number of nitrogens with one attached hydrogen (secondary N) is 1. The number of alkyl halides is 3. The van der Waals surface area contributed by atoms with Crippen LogP contribution < -0.4 is 11.1 Å². The zero-order valence-electron chi connectivity index (χ0n) is 15.4. The Labute approximate surface area is 171 Å². The molecule has 0 saturated heterocycles. The molecule has 10 heteroatoms. The summed E-state index contributed by atoms with van der Waals surface area (Å²) in [5.41, 5.74) is 4.86. The Bertz CT molecular complexity index is 831. The van der Waals surface area contributed by atoms with Crippen molar-refractivity contribution in [1.29, 1.82) is 0 Å². The molecule has 0 aliphatic carbocycles. The minimum atomic E-state index is -4.44. The number of thiol groups is 1. The zero-order valence-corrected chi connectivity index (χ0v) is 16.3. The van der Waals surface area contributed by atoms with Gasteiger partial charge in [-0.2, -0.15) is 25.8 Å². The molecule has 0 aromatic heterocycles. The fraction of sp³-hybridized carbons (Fsp3) is 0.263. The maximum Gasteiger partial charge on any atom is 0.416 e. The van der Waals surface area contributed by atoms with Gasteiger partial charge in [0.15, 0.2) is 0 Å². The number of nitrogens with two attached hydrogens (primary N) is 1. The lowest BCUT2D eigenvalue weighted by Crippen LogP contribution is -2.33. The van der Waals surface area contributed by atoms with Crippen LogP contribution in [0.25, 0.3) is 0 Å². The number of anilines is 2. The first-order chi connectivity index (χ1) is 13.6. The third kappa shape index (κ3) is 8.04. The van der Waals surface area contributed by atoms with Gasteiger partial charge in [-0.05, 0) is 37.3 Å². The fourth-order valence-electron chi connectivity index (χ4n) is 2.03. The number of halogens is 3. The summed E-state index contributed by atoms with van der Waals surface area (Å²) in [4.78, 5) is 21.6. The van der Waals surface area contributed by atoms with E-state index in [-0.39, 0.29) is 22.9 Å². The summed E-state index contributed by atoms with van der Waals surface area (Å²) < 4.78 is 42.4. The van der Waals surface area contributed by atoms with Crippen LogP contribution in [0.1, 0.15) is 22.8 Å². The first-order valence-electron chi connectivity index (χ1n) is 8.39. The number of carboxylic acid groups (broad SMARTS) is 1. The highest BCUT2D eigenvalue weighted by molar-refractivity contribution is 7.80. The number of carbonyl (C=O) groups is 2. The molecule has 158 valence electrons. The molecule has 2 aromatic rings. The summed E-state index contributed by atoms with van der Waals surface area (Å²) >= 11 is 3.82. The monoisotopic (exact) mass is 430 g/mol. The summed E-state index contributed by atoms with van der Waals surface area (Å²) in [5, 5.41) is 11.7. The van der Waals surface area contributed by atoms with Crippen LogP contribution in [-0.4, -0.2) is 35.4 Å². The van der Waals surface area contributed by atoms with Crippen molar-refractivity contribution in [2.45, 2.75) is 19.1 Å². The van der Waals surface area contributed by atoms with Gasteiger partial charge in [0.1, 0.15) is 6.04 Å². The lowest BCUT2D eigenvalue weighted by Gasteiger charge is -2.12. The van der Waals surface area contributed by atoms with Crippen molar-refractivity contribution < 1.29 is 32.6 Å². The molecule has 2 rings (SSSR count). The number of carboxylic acids is 1. The first-order valence-corrected chi connectivity index (χ1v) is 9.03. The van der Waals surface area contributed by atoms with Crippen LogP contribution in [0.2, 0.25) is 0 Å². The van der Waals surface area contributed by atoms with Crippen molar-refractivity contribution in [3.8, 4) is 0 Å². The fourth-order valence-corrected chi connectivity index (χ4v) is 2.18. The largest absolute Gasteiger partial charge is 0.478 e. The van der Waals surface area contributed by atoms with Gasteiger partial charge in [-0.1, -0.05) is 18.2 Å². The highest BCUT2D eigenvalue weighted by Crippen LogP contribution is 2.31. The Hall–Kier alpha value is -2.72. The van der Waals surface area contributed by atoms with Crippen molar-refractivity contribution in [1.82, 2.24) is 0 Å². The molecule has 0 bridgehead atoms. The Morgan fingerprint density at radius 3 is 2.41 bits per heavy atom. The molecule has 0 heterocycles. The average molecular weight is 430 g/mol. The van der Waals surface area contributed by atoms with Gasteiger partial charge < -0.3 is 20.9 Å². The van der Waals surface area contributed by atoms with E-state index in [4.69, 9.17) is 10.8 Å². The highest BCUT2D eigenvalue weighted by Gasteiger charge is 2.30. The predicted octanol–water partition coefficient (Wildman–Crippen LogP) is 3.95. The summed E-state index contributed by atoms with van der Waals surface area (Å²) in [6.07, 6.45) is -4.44. The van der Waals surface area contributed by atoms with Gasteiger partial charge >= 0.3 is 18.1 Å². The van der Waals surface area contributed by atoms with Gasteiger partial charge in [0.05, 0.1) is 23.4 Å². The minimum Gasteiger partial charge on any atom is -0.478 e. The van der Waals surface area contributed by atoms with Gasteiger partial charge in [0.2, 0.25) is 0 Å². The van der Waals surface area contributed by atoms with Crippen molar-refractivity contribution in [3.05, 3.63) is 59.7 Å². The molecule has 0 unspecified atom stereocenters. The van der Waals surface area contributed by atoms with Gasteiger partial charge in [-0.25, -0.2) is 4.79 Å². The van der Waals surface area contributed by atoms with Crippen LogP contribution in [0.4, 0.5) is 24.5 Å². The molecular formula is C19H21F3N2O4S. The number of ether oxygens (including phenoxy) is 1. The third-order valence-electron chi connectivity index (χ3n) is 3.41. The standard InChI is InChI=1S/C14H10F3NO2.C5H11NO2S/c15-14(16,17)9-4-3-5-10(8-9)18-12-7-2-1-6-11(12)13(19)20;1-2-8-5(7)4(6)3-9/h1-8,18H,(H,19,20);4,9H,2-3,6H2,1H3/t;4-/m.0/s1. The number of hydrogen-bond acceptors (Lipinski definition) is 6. The van der Waals surface area contributed by atoms with Crippen molar-refractivity contribution in [3.63, 3.8) is 0 Å². The minimum absolute atomic E-state index is 0.00934. The molecule has 0 amide bonds. The summed E-state index contributed by atoms with van der Waals surface area (Å²) in [5.74, 6) is -1.20. The molecular weight excluding hydrogens is 409 g/mol. The Morgan fingerprint density at radius 2 is 1.86 bits per heavy atom. The summed E-state index contributed by atoms with van der Waals surface area (Å²) in [7, 11) is 0. The maximum absolute atomic E-state index is 12.6. The summed E-state index contributed by atoms with van der Waals surface area (Å²) in [6.45, 7) is 2.11. The van der Waals surface area contributed by atoms with E-state index in [1.807, 2.05) is 0 Å². The highest BCUT2D eigenvalue weighted by atomic mass is 32.1. The van der Waals surface area contributed by atoms with Gasteiger partial charge in [-0.3, -0.25) is 4.79 Å². The van der Waals surface area contributed by atoms with E-state index < -0.39 is 23.8 Å². The topological polar surface area (TPSA) is 102 Å². The van der Waals surface area contributed by atoms with E-state index in [0.717, 1.165) is 12.1 Å². The molecule has 0 spiro atoms. The Balaban J connectivity index is 0.000000396. The second-order valence-electron chi connectivity index (χ2n) is 5.60. The number of rotatable bonds is 6. The van der Waals surface area contributed by atoms with E-state index in [1.165, 1.54) is 24.3 Å². The maximum atomic E-state index is 12.6. The van der Waals surface area contributed by atoms with E-state index in [0.29, 0.717) is 12.4 Å². The number of aromatic carboxylic acids is 1. The van der Waals surface area contributed by atoms with Gasteiger partial charge in [0.25, 0.3) is 0 Å². The van der Waals surface area contributed by atoms with Crippen LogP contribution in [0.5, 0.6) is 0 Å². The number of benzene rings is 2. The molecule has 0 aliphatic rings. The van der Waals surface area contributed by atoms with E-state index in [9.17, 15) is 22.8 Å².